The van der Waals surface area contributed by atoms with E-state index in [1.165, 1.54) is 9.13 Å². The van der Waals surface area contributed by atoms with Crippen molar-refractivity contribution in [2.75, 3.05) is 7.05 Å². The fourth-order valence-electron chi connectivity index (χ4n) is 1.87. The van der Waals surface area contributed by atoms with E-state index in [0.717, 1.165) is 21.1 Å². The summed E-state index contributed by atoms with van der Waals surface area (Å²) in [5, 5.41) is 3.33. The van der Waals surface area contributed by atoms with Gasteiger partial charge in [-0.3, -0.25) is 4.98 Å². The van der Waals surface area contributed by atoms with Crippen molar-refractivity contribution < 1.29 is 0 Å². The normalized spacial score (nSPS) is 12.4. The van der Waals surface area contributed by atoms with E-state index in [0.29, 0.717) is 0 Å². The number of hydrogen-bond acceptors (Lipinski definition) is 2. The molecule has 2 nitrogen and oxygen atoms in total. The minimum atomic E-state index is 0.197. The van der Waals surface area contributed by atoms with Gasteiger partial charge in [-0.2, -0.15) is 0 Å². The van der Waals surface area contributed by atoms with Crippen molar-refractivity contribution in [3.05, 3.63) is 60.3 Å². The number of hydrogen-bond donors (Lipinski definition) is 1. The van der Waals surface area contributed by atoms with Gasteiger partial charge in [-0.25, -0.2) is 0 Å². The second kappa shape index (κ2) is 7.15. The molecule has 0 aliphatic rings. The van der Waals surface area contributed by atoms with Crippen molar-refractivity contribution in [1.82, 2.24) is 10.3 Å². The maximum Gasteiger partial charge on any atom is 0.0719 e. The summed E-state index contributed by atoms with van der Waals surface area (Å²) in [6.45, 7) is 0. The molecule has 2 rings (SSSR count). The minimum Gasteiger partial charge on any atom is -0.311 e. The lowest BCUT2D eigenvalue weighted by molar-refractivity contribution is 0.573. The van der Waals surface area contributed by atoms with E-state index in [9.17, 15) is 0 Å². The molecule has 5 heteroatoms. The smallest absolute Gasteiger partial charge is 0.0719 e. The molecule has 1 atom stereocenters. The summed E-state index contributed by atoms with van der Waals surface area (Å²) in [5.41, 5.74) is 2.33. The second-order valence-electron chi connectivity index (χ2n) is 4.19. The van der Waals surface area contributed by atoms with Gasteiger partial charge >= 0.3 is 0 Å². The molecule has 0 fully saturated rings. The molecular formula is C14H13Br2IN2. The molecule has 1 aromatic heterocycles. The molecule has 19 heavy (non-hydrogen) atoms. The standard InChI is InChI=1S/C14H13Br2IN2/c1-18-13(6-9-2-4-11(17)5-3-9)14-12(16)7-10(15)8-19-14/h2-5,7-8,13,18H,6H2,1H3. The Morgan fingerprint density at radius 3 is 2.53 bits per heavy atom. The van der Waals surface area contributed by atoms with E-state index >= 15 is 0 Å². The minimum absolute atomic E-state index is 0.197. The van der Waals surface area contributed by atoms with Gasteiger partial charge in [-0.1, -0.05) is 12.1 Å². The molecular weight excluding hydrogens is 483 g/mol. The van der Waals surface area contributed by atoms with E-state index in [4.69, 9.17) is 0 Å². The molecule has 0 amide bonds. The molecule has 0 aliphatic heterocycles. The lowest BCUT2D eigenvalue weighted by Crippen LogP contribution is -2.20. The third kappa shape index (κ3) is 4.24. The number of rotatable bonds is 4. The second-order valence-corrected chi connectivity index (χ2v) is 7.21. The number of benzene rings is 1. The monoisotopic (exact) mass is 494 g/mol. The van der Waals surface area contributed by atoms with Crippen LogP contribution < -0.4 is 5.32 Å². The van der Waals surface area contributed by atoms with Crippen molar-refractivity contribution in [3.63, 3.8) is 0 Å². The first-order valence-electron chi connectivity index (χ1n) is 5.83. The van der Waals surface area contributed by atoms with Crippen LogP contribution in [0.25, 0.3) is 0 Å². The Kier molecular flexibility index (Phi) is 5.80. The number of aromatic nitrogens is 1. The Bertz CT molecular complexity index is 558. The van der Waals surface area contributed by atoms with Gasteiger partial charge in [-0.05, 0) is 91.7 Å². The molecule has 1 N–H and O–H groups in total. The Labute approximate surface area is 143 Å². The number of nitrogens with zero attached hydrogens (tertiary/aromatic N) is 1. The molecule has 1 unspecified atom stereocenters. The zero-order chi connectivity index (χ0) is 13.8. The molecule has 0 aliphatic carbocycles. The highest BCUT2D eigenvalue weighted by molar-refractivity contribution is 14.1. The van der Waals surface area contributed by atoms with E-state index < -0.39 is 0 Å². The lowest BCUT2D eigenvalue weighted by atomic mass is 10.0. The van der Waals surface area contributed by atoms with Crippen molar-refractivity contribution >= 4 is 54.5 Å². The maximum absolute atomic E-state index is 4.50. The average Bonchev–Trinajstić information content (AvgIpc) is 2.39. The van der Waals surface area contributed by atoms with Gasteiger partial charge in [0.25, 0.3) is 0 Å². The van der Waals surface area contributed by atoms with E-state index in [1.54, 1.807) is 0 Å². The van der Waals surface area contributed by atoms with Crippen LogP contribution in [0.3, 0.4) is 0 Å². The molecule has 1 aromatic carbocycles. The number of likely N-dealkylation sites (N-methyl/N-ethyl adjacent to an activating group) is 1. The van der Waals surface area contributed by atoms with E-state index in [2.05, 4.69) is 89.0 Å². The average molecular weight is 496 g/mol. The van der Waals surface area contributed by atoms with Gasteiger partial charge in [-0.15, -0.1) is 0 Å². The van der Waals surface area contributed by atoms with Crippen LogP contribution in [0.2, 0.25) is 0 Å². The predicted octanol–water partition coefficient (Wildman–Crippen LogP) is 4.71. The zero-order valence-electron chi connectivity index (χ0n) is 10.3. The Morgan fingerprint density at radius 2 is 1.95 bits per heavy atom. The summed E-state index contributed by atoms with van der Waals surface area (Å²) in [6, 6.07) is 10.8. The van der Waals surface area contributed by atoms with Gasteiger partial charge in [0.05, 0.1) is 11.7 Å². The zero-order valence-corrected chi connectivity index (χ0v) is 15.7. The first-order valence-corrected chi connectivity index (χ1v) is 8.49. The van der Waals surface area contributed by atoms with Gasteiger partial charge in [0, 0.05) is 18.7 Å². The Morgan fingerprint density at radius 1 is 1.26 bits per heavy atom. The van der Waals surface area contributed by atoms with Gasteiger partial charge in [0.1, 0.15) is 0 Å². The Balaban J connectivity index is 2.22. The van der Waals surface area contributed by atoms with Gasteiger partial charge in [0.15, 0.2) is 0 Å². The highest BCUT2D eigenvalue weighted by Gasteiger charge is 2.15. The molecule has 0 spiro atoms. The van der Waals surface area contributed by atoms with Gasteiger partial charge in [0.2, 0.25) is 0 Å². The van der Waals surface area contributed by atoms with Crippen molar-refractivity contribution in [3.8, 4) is 0 Å². The van der Waals surface area contributed by atoms with Crippen LogP contribution >= 0.6 is 54.5 Å². The summed E-state index contributed by atoms with van der Waals surface area (Å²) >= 11 is 9.33. The SMILES string of the molecule is CNC(Cc1ccc(I)cc1)c1ncc(Br)cc1Br. The fourth-order valence-corrected chi connectivity index (χ4v) is 3.50. The molecule has 0 saturated heterocycles. The first kappa shape index (κ1) is 15.4. The summed E-state index contributed by atoms with van der Waals surface area (Å²) in [5.74, 6) is 0. The Hall–Kier alpha value is 0.0200. The van der Waals surface area contributed by atoms with Crippen LogP contribution in [0.4, 0.5) is 0 Å². The maximum atomic E-state index is 4.50. The van der Waals surface area contributed by atoms with Crippen molar-refractivity contribution in [1.29, 1.82) is 0 Å². The highest BCUT2D eigenvalue weighted by Crippen LogP contribution is 2.26. The quantitative estimate of drug-likeness (QED) is 0.621. The van der Waals surface area contributed by atoms with Crippen LogP contribution in [-0.2, 0) is 6.42 Å². The van der Waals surface area contributed by atoms with Crippen molar-refractivity contribution in [2.45, 2.75) is 12.5 Å². The van der Waals surface area contributed by atoms with Crippen LogP contribution in [-0.4, -0.2) is 12.0 Å². The van der Waals surface area contributed by atoms with Crippen LogP contribution in [0.1, 0.15) is 17.3 Å². The number of pyridine rings is 1. The highest BCUT2D eigenvalue weighted by atomic mass is 127. The summed E-state index contributed by atoms with van der Waals surface area (Å²) < 4.78 is 3.25. The van der Waals surface area contributed by atoms with E-state index in [-0.39, 0.29) is 6.04 Å². The van der Waals surface area contributed by atoms with Gasteiger partial charge < -0.3 is 5.32 Å². The first-order chi connectivity index (χ1) is 9.10. The third-order valence-electron chi connectivity index (χ3n) is 2.87. The summed E-state index contributed by atoms with van der Waals surface area (Å²) in [7, 11) is 1.97. The third-order valence-corrected chi connectivity index (χ3v) is 4.66. The van der Waals surface area contributed by atoms with Crippen LogP contribution in [0, 0.1) is 3.57 Å². The number of halogens is 3. The molecule has 1 heterocycles. The lowest BCUT2D eigenvalue weighted by Gasteiger charge is -2.17. The molecule has 0 radical (unpaired) electrons. The van der Waals surface area contributed by atoms with E-state index in [1.807, 2.05) is 19.3 Å². The summed E-state index contributed by atoms with van der Waals surface area (Å²) in [4.78, 5) is 4.50. The van der Waals surface area contributed by atoms with Crippen LogP contribution in [0.5, 0.6) is 0 Å². The molecule has 100 valence electrons. The predicted molar refractivity (Wildman–Crippen MR) is 94.3 cm³/mol. The molecule has 0 bridgehead atoms. The molecule has 2 aromatic rings. The van der Waals surface area contributed by atoms with Crippen LogP contribution in [0.15, 0.2) is 45.5 Å². The van der Waals surface area contributed by atoms with Crippen molar-refractivity contribution in [2.24, 2.45) is 0 Å². The summed E-state index contributed by atoms with van der Waals surface area (Å²) in [6.07, 6.45) is 2.75. The topological polar surface area (TPSA) is 24.9 Å². The fraction of sp³-hybridized carbons (Fsp3) is 0.214. The molecule has 0 saturated carbocycles. The largest absolute Gasteiger partial charge is 0.311 e. The number of nitrogens with one attached hydrogen (secondary N) is 1.